The minimum Gasteiger partial charge on any atom is -0.454 e. The first kappa shape index (κ1) is 15.6. The molecule has 2 aromatic rings. The summed E-state index contributed by atoms with van der Waals surface area (Å²) in [6.45, 7) is 3.40. The summed E-state index contributed by atoms with van der Waals surface area (Å²) in [6, 6.07) is 12.1. The van der Waals surface area contributed by atoms with Crippen molar-refractivity contribution in [2.24, 2.45) is 0 Å². The Labute approximate surface area is 138 Å². The molecule has 0 amide bonds. The molecule has 7 heteroatoms. The molecule has 0 aliphatic carbocycles. The monoisotopic (exact) mass is 325 g/mol. The van der Waals surface area contributed by atoms with Crippen LogP contribution in [0.15, 0.2) is 36.4 Å². The van der Waals surface area contributed by atoms with Gasteiger partial charge in [-0.25, -0.2) is 0 Å². The number of ether oxygens (including phenoxy) is 2. The number of fused-ring (bicyclic) bond motifs is 1. The third-order valence-corrected chi connectivity index (χ3v) is 3.84. The molecule has 0 N–H and O–H groups in total. The molecule has 3 rings (SSSR count). The van der Waals surface area contributed by atoms with Gasteiger partial charge in [0.1, 0.15) is 6.07 Å². The number of anilines is 1. The van der Waals surface area contributed by atoms with Gasteiger partial charge in [-0.05, 0) is 30.7 Å². The highest BCUT2D eigenvalue weighted by Crippen LogP contribution is 2.33. The molecule has 0 fully saturated rings. The zero-order valence-corrected chi connectivity index (χ0v) is 13.1. The van der Waals surface area contributed by atoms with Crippen LogP contribution in [0.5, 0.6) is 11.5 Å². The van der Waals surface area contributed by atoms with Crippen LogP contribution in [0.4, 0.5) is 11.4 Å². The average Bonchev–Trinajstić information content (AvgIpc) is 3.06. The van der Waals surface area contributed by atoms with Gasteiger partial charge in [0.05, 0.1) is 16.2 Å². The maximum Gasteiger partial charge on any atom is 0.270 e. The third kappa shape index (κ3) is 2.94. The molecule has 0 spiro atoms. The molecule has 0 radical (unpaired) electrons. The Bertz CT molecular complexity index is 829. The summed E-state index contributed by atoms with van der Waals surface area (Å²) < 4.78 is 10.7. The van der Waals surface area contributed by atoms with Crippen LogP contribution in [0, 0.1) is 21.4 Å². The van der Waals surface area contributed by atoms with Crippen LogP contribution in [-0.2, 0) is 6.54 Å². The Hall–Kier alpha value is -3.27. The summed E-state index contributed by atoms with van der Waals surface area (Å²) in [5, 5.41) is 20.2. The van der Waals surface area contributed by atoms with E-state index < -0.39 is 4.92 Å². The van der Waals surface area contributed by atoms with E-state index in [0.29, 0.717) is 24.5 Å². The quantitative estimate of drug-likeness (QED) is 0.619. The van der Waals surface area contributed by atoms with E-state index in [-0.39, 0.29) is 18.0 Å². The summed E-state index contributed by atoms with van der Waals surface area (Å²) in [5.41, 5.74) is 1.87. The Kier molecular flexibility index (Phi) is 4.20. The molecule has 0 bridgehead atoms. The molecular weight excluding hydrogens is 310 g/mol. The molecule has 1 heterocycles. The molecule has 0 saturated carbocycles. The van der Waals surface area contributed by atoms with Crippen molar-refractivity contribution < 1.29 is 14.4 Å². The van der Waals surface area contributed by atoms with Gasteiger partial charge < -0.3 is 14.4 Å². The number of benzene rings is 2. The summed E-state index contributed by atoms with van der Waals surface area (Å²) in [4.78, 5) is 12.4. The lowest BCUT2D eigenvalue weighted by Gasteiger charge is -2.24. The standard InChI is InChI=1S/C17H15N3O4/c1-2-19(10-12-3-6-16-17(7-12)24-11-23-16)15-5-4-14(20(21)22)8-13(15)9-18/h3-8H,2,10-11H2,1H3. The fourth-order valence-corrected chi connectivity index (χ4v) is 2.63. The number of nitro benzene ring substituents is 1. The van der Waals surface area contributed by atoms with Crippen LogP contribution in [0.2, 0.25) is 0 Å². The number of nitriles is 1. The van der Waals surface area contributed by atoms with E-state index in [4.69, 9.17) is 9.47 Å². The fourth-order valence-electron chi connectivity index (χ4n) is 2.63. The number of hydrogen-bond donors (Lipinski definition) is 0. The highest BCUT2D eigenvalue weighted by molar-refractivity contribution is 5.63. The normalized spacial score (nSPS) is 11.8. The topological polar surface area (TPSA) is 88.6 Å². The van der Waals surface area contributed by atoms with Crippen LogP contribution < -0.4 is 14.4 Å². The van der Waals surface area contributed by atoms with E-state index >= 15 is 0 Å². The van der Waals surface area contributed by atoms with E-state index in [1.54, 1.807) is 6.07 Å². The molecule has 2 aromatic carbocycles. The van der Waals surface area contributed by atoms with Crippen molar-refractivity contribution in [1.29, 1.82) is 5.26 Å². The molecule has 0 aromatic heterocycles. The van der Waals surface area contributed by atoms with Gasteiger partial charge in [-0.15, -0.1) is 0 Å². The molecule has 1 aliphatic heterocycles. The van der Waals surface area contributed by atoms with Gasteiger partial charge in [0.25, 0.3) is 5.69 Å². The highest BCUT2D eigenvalue weighted by Gasteiger charge is 2.17. The SMILES string of the molecule is CCN(Cc1ccc2c(c1)OCO2)c1ccc([N+](=O)[O-])cc1C#N. The lowest BCUT2D eigenvalue weighted by Crippen LogP contribution is -2.23. The molecular formula is C17H15N3O4. The lowest BCUT2D eigenvalue weighted by atomic mass is 10.1. The molecule has 122 valence electrons. The summed E-state index contributed by atoms with van der Waals surface area (Å²) in [7, 11) is 0. The predicted octanol–water partition coefficient (Wildman–Crippen LogP) is 3.22. The molecule has 0 saturated heterocycles. The van der Waals surface area contributed by atoms with Crippen molar-refractivity contribution in [2.45, 2.75) is 13.5 Å². The Morgan fingerprint density at radius 1 is 1.25 bits per heavy atom. The van der Waals surface area contributed by atoms with Crippen LogP contribution >= 0.6 is 0 Å². The van der Waals surface area contributed by atoms with E-state index in [1.807, 2.05) is 36.1 Å². The van der Waals surface area contributed by atoms with Gasteiger partial charge in [0.15, 0.2) is 11.5 Å². The summed E-state index contributed by atoms with van der Waals surface area (Å²) in [5.74, 6) is 1.42. The maximum atomic E-state index is 10.9. The van der Waals surface area contributed by atoms with Crippen molar-refractivity contribution in [2.75, 3.05) is 18.2 Å². The predicted molar refractivity (Wildman–Crippen MR) is 87.1 cm³/mol. The Morgan fingerprint density at radius 2 is 2.04 bits per heavy atom. The van der Waals surface area contributed by atoms with Crippen LogP contribution in [0.25, 0.3) is 0 Å². The van der Waals surface area contributed by atoms with E-state index in [0.717, 1.165) is 11.3 Å². The largest absolute Gasteiger partial charge is 0.454 e. The number of nitro groups is 1. The summed E-state index contributed by atoms with van der Waals surface area (Å²) >= 11 is 0. The Balaban J connectivity index is 1.89. The van der Waals surface area contributed by atoms with Gasteiger partial charge in [0.2, 0.25) is 6.79 Å². The van der Waals surface area contributed by atoms with Gasteiger partial charge in [-0.3, -0.25) is 10.1 Å². The van der Waals surface area contributed by atoms with Crippen molar-refractivity contribution in [3.05, 3.63) is 57.6 Å². The van der Waals surface area contributed by atoms with Crippen LogP contribution in [0.1, 0.15) is 18.1 Å². The minimum absolute atomic E-state index is 0.0885. The second-order valence-corrected chi connectivity index (χ2v) is 5.27. The molecule has 0 atom stereocenters. The number of non-ortho nitro benzene ring substituents is 1. The molecule has 24 heavy (non-hydrogen) atoms. The van der Waals surface area contributed by atoms with E-state index in [1.165, 1.54) is 12.1 Å². The van der Waals surface area contributed by atoms with Crippen molar-refractivity contribution >= 4 is 11.4 Å². The van der Waals surface area contributed by atoms with E-state index in [2.05, 4.69) is 0 Å². The van der Waals surface area contributed by atoms with Crippen LogP contribution in [-0.4, -0.2) is 18.3 Å². The zero-order chi connectivity index (χ0) is 17.1. The fraction of sp³-hybridized carbons (Fsp3) is 0.235. The van der Waals surface area contributed by atoms with Gasteiger partial charge >= 0.3 is 0 Å². The highest BCUT2D eigenvalue weighted by atomic mass is 16.7. The average molecular weight is 325 g/mol. The van der Waals surface area contributed by atoms with Gasteiger partial charge in [0, 0.05) is 25.2 Å². The number of rotatable bonds is 5. The first-order chi connectivity index (χ1) is 11.6. The second kappa shape index (κ2) is 6.46. The van der Waals surface area contributed by atoms with Gasteiger partial charge in [-0.2, -0.15) is 5.26 Å². The lowest BCUT2D eigenvalue weighted by molar-refractivity contribution is -0.384. The Morgan fingerprint density at radius 3 is 2.75 bits per heavy atom. The van der Waals surface area contributed by atoms with Crippen molar-refractivity contribution in [3.63, 3.8) is 0 Å². The third-order valence-electron chi connectivity index (χ3n) is 3.84. The van der Waals surface area contributed by atoms with Crippen molar-refractivity contribution in [1.82, 2.24) is 0 Å². The number of nitrogens with zero attached hydrogens (tertiary/aromatic N) is 3. The zero-order valence-electron chi connectivity index (χ0n) is 13.1. The van der Waals surface area contributed by atoms with Crippen LogP contribution in [0.3, 0.4) is 0 Å². The second-order valence-electron chi connectivity index (χ2n) is 5.27. The summed E-state index contributed by atoms with van der Waals surface area (Å²) in [6.07, 6.45) is 0. The van der Waals surface area contributed by atoms with Gasteiger partial charge in [-0.1, -0.05) is 6.07 Å². The molecule has 1 aliphatic rings. The first-order valence-electron chi connectivity index (χ1n) is 7.44. The number of hydrogen-bond acceptors (Lipinski definition) is 6. The van der Waals surface area contributed by atoms with Crippen molar-refractivity contribution in [3.8, 4) is 17.6 Å². The minimum atomic E-state index is -0.501. The maximum absolute atomic E-state index is 10.9. The molecule has 7 nitrogen and oxygen atoms in total. The first-order valence-corrected chi connectivity index (χ1v) is 7.44. The molecule has 0 unspecified atom stereocenters. The van der Waals surface area contributed by atoms with E-state index in [9.17, 15) is 15.4 Å². The smallest absolute Gasteiger partial charge is 0.270 e.